The molecular formula is C18H30O2. The molecule has 0 aromatic carbocycles. The molecule has 2 aliphatic rings. The van der Waals surface area contributed by atoms with Crippen molar-refractivity contribution in [2.75, 3.05) is 0 Å². The predicted molar refractivity (Wildman–Crippen MR) is 83.4 cm³/mol. The number of rotatable bonds is 5. The number of hydrogen-bond donors (Lipinski definition) is 2. The Bertz CT molecular complexity index is 385. The Kier molecular flexibility index (Phi) is 4.95. The molecule has 2 nitrogen and oxygen atoms in total. The largest absolute Gasteiger partial charge is 0.512 e. The first-order valence-electron chi connectivity index (χ1n) is 8.17. The van der Waals surface area contributed by atoms with Gasteiger partial charge in [0.25, 0.3) is 0 Å². The minimum Gasteiger partial charge on any atom is -0.512 e. The summed E-state index contributed by atoms with van der Waals surface area (Å²) in [7, 11) is 0. The van der Waals surface area contributed by atoms with Gasteiger partial charge in [-0.2, -0.15) is 0 Å². The van der Waals surface area contributed by atoms with Gasteiger partial charge in [0.1, 0.15) is 0 Å². The molecule has 0 amide bonds. The van der Waals surface area contributed by atoms with Crippen LogP contribution in [0.2, 0.25) is 0 Å². The van der Waals surface area contributed by atoms with Gasteiger partial charge >= 0.3 is 0 Å². The van der Waals surface area contributed by atoms with Crippen molar-refractivity contribution in [1.82, 2.24) is 0 Å². The number of hydrogen-bond acceptors (Lipinski definition) is 2. The highest BCUT2D eigenvalue weighted by atomic mass is 16.3. The lowest BCUT2D eigenvalue weighted by Crippen LogP contribution is -2.29. The molecule has 114 valence electrons. The molecule has 2 unspecified atom stereocenters. The van der Waals surface area contributed by atoms with E-state index in [-0.39, 0.29) is 12.0 Å². The van der Waals surface area contributed by atoms with E-state index in [1.54, 1.807) is 6.08 Å². The van der Waals surface area contributed by atoms with E-state index in [2.05, 4.69) is 20.4 Å². The molecule has 2 saturated carbocycles. The molecule has 2 rings (SSSR count). The minimum atomic E-state index is -0.150. The van der Waals surface area contributed by atoms with Crippen LogP contribution in [0.3, 0.4) is 0 Å². The Balaban J connectivity index is 2.08. The fourth-order valence-electron chi connectivity index (χ4n) is 4.69. The molecule has 2 heteroatoms. The van der Waals surface area contributed by atoms with Crippen LogP contribution in [0.5, 0.6) is 0 Å². The van der Waals surface area contributed by atoms with E-state index in [4.69, 9.17) is 0 Å². The summed E-state index contributed by atoms with van der Waals surface area (Å²) in [4.78, 5) is 0. The van der Waals surface area contributed by atoms with Crippen molar-refractivity contribution in [3.8, 4) is 0 Å². The van der Waals surface area contributed by atoms with E-state index >= 15 is 0 Å². The SMILES string of the molecule is C=C1C[C@H]2C[C@@H](O)[C@H](C(CC)CC(C)C(O)=CC)[C@@H]2C1. The van der Waals surface area contributed by atoms with Gasteiger partial charge in [-0.1, -0.05) is 32.4 Å². The first-order valence-corrected chi connectivity index (χ1v) is 8.17. The van der Waals surface area contributed by atoms with Gasteiger partial charge in [-0.3, -0.25) is 0 Å². The summed E-state index contributed by atoms with van der Waals surface area (Å²) in [5, 5.41) is 20.4. The number of aliphatic hydroxyl groups excluding tert-OH is 2. The van der Waals surface area contributed by atoms with Gasteiger partial charge in [-0.25, -0.2) is 0 Å². The normalized spacial score (nSPS) is 37.0. The lowest BCUT2D eigenvalue weighted by molar-refractivity contribution is 0.0664. The van der Waals surface area contributed by atoms with Crippen molar-refractivity contribution in [3.05, 3.63) is 24.0 Å². The van der Waals surface area contributed by atoms with E-state index in [9.17, 15) is 10.2 Å². The zero-order chi connectivity index (χ0) is 14.9. The van der Waals surface area contributed by atoms with Crippen LogP contribution < -0.4 is 0 Å². The van der Waals surface area contributed by atoms with Crippen molar-refractivity contribution < 1.29 is 10.2 Å². The quantitative estimate of drug-likeness (QED) is 0.575. The van der Waals surface area contributed by atoms with Crippen LogP contribution >= 0.6 is 0 Å². The van der Waals surface area contributed by atoms with Crippen LogP contribution in [-0.2, 0) is 0 Å². The maximum Gasteiger partial charge on any atom is 0.0908 e. The lowest BCUT2D eigenvalue weighted by Gasteiger charge is -2.31. The van der Waals surface area contributed by atoms with E-state index < -0.39 is 0 Å². The van der Waals surface area contributed by atoms with Crippen molar-refractivity contribution in [3.63, 3.8) is 0 Å². The molecule has 0 aromatic rings. The van der Waals surface area contributed by atoms with Crippen LogP contribution in [-0.4, -0.2) is 16.3 Å². The number of fused-ring (bicyclic) bond motifs is 1. The van der Waals surface area contributed by atoms with Gasteiger partial charge in [0.05, 0.1) is 11.9 Å². The van der Waals surface area contributed by atoms with Crippen LogP contribution in [0, 0.1) is 29.6 Å². The van der Waals surface area contributed by atoms with Crippen molar-refractivity contribution >= 4 is 0 Å². The smallest absolute Gasteiger partial charge is 0.0908 e. The minimum absolute atomic E-state index is 0.150. The highest BCUT2D eigenvalue weighted by Crippen LogP contribution is 2.53. The van der Waals surface area contributed by atoms with Gasteiger partial charge < -0.3 is 10.2 Å². The molecule has 0 aliphatic heterocycles. The third-order valence-electron chi connectivity index (χ3n) is 5.69. The summed E-state index contributed by atoms with van der Waals surface area (Å²) < 4.78 is 0. The Hall–Kier alpha value is -0.760. The van der Waals surface area contributed by atoms with Crippen molar-refractivity contribution in [1.29, 1.82) is 0 Å². The average molecular weight is 278 g/mol. The number of aliphatic hydroxyl groups is 2. The Morgan fingerprint density at radius 1 is 1.45 bits per heavy atom. The summed E-state index contributed by atoms with van der Waals surface area (Å²) in [5.74, 6) is 2.87. The molecule has 0 bridgehead atoms. The molecule has 20 heavy (non-hydrogen) atoms. The molecule has 0 radical (unpaired) electrons. The Morgan fingerprint density at radius 3 is 2.75 bits per heavy atom. The summed E-state index contributed by atoms with van der Waals surface area (Å²) in [6, 6.07) is 0. The van der Waals surface area contributed by atoms with Gasteiger partial charge in [0.15, 0.2) is 0 Å². The second-order valence-electron chi connectivity index (χ2n) is 6.98. The number of allylic oxidation sites excluding steroid dienone is 3. The molecule has 0 heterocycles. The fraction of sp³-hybridized carbons (Fsp3) is 0.778. The van der Waals surface area contributed by atoms with Gasteiger partial charge in [-0.05, 0) is 62.4 Å². The third-order valence-corrected chi connectivity index (χ3v) is 5.69. The van der Waals surface area contributed by atoms with Crippen molar-refractivity contribution in [2.45, 2.75) is 59.0 Å². The van der Waals surface area contributed by atoms with E-state index in [0.717, 1.165) is 32.1 Å². The molecule has 0 spiro atoms. The predicted octanol–water partition coefficient (Wildman–Crippen LogP) is 4.46. The molecule has 0 saturated heterocycles. The van der Waals surface area contributed by atoms with Crippen molar-refractivity contribution in [2.24, 2.45) is 29.6 Å². The second-order valence-corrected chi connectivity index (χ2v) is 6.98. The topological polar surface area (TPSA) is 40.5 Å². The maximum atomic E-state index is 10.5. The monoisotopic (exact) mass is 278 g/mol. The van der Waals surface area contributed by atoms with Crippen LogP contribution in [0.15, 0.2) is 24.0 Å². The Morgan fingerprint density at radius 2 is 2.15 bits per heavy atom. The first-order chi connectivity index (χ1) is 9.47. The lowest BCUT2D eigenvalue weighted by atomic mass is 9.75. The zero-order valence-corrected chi connectivity index (χ0v) is 13.2. The maximum absolute atomic E-state index is 10.5. The summed E-state index contributed by atoms with van der Waals surface area (Å²) in [5.41, 5.74) is 1.37. The van der Waals surface area contributed by atoms with Gasteiger partial charge in [-0.15, -0.1) is 0 Å². The molecule has 2 fully saturated rings. The molecule has 6 atom stereocenters. The van der Waals surface area contributed by atoms with E-state index in [1.165, 1.54) is 5.57 Å². The summed E-state index contributed by atoms with van der Waals surface area (Å²) in [6.07, 6.45) is 6.88. The molecule has 2 aliphatic carbocycles. The standard InChI is InChI=1S/C18H30O2/c1-5-13(9-12(4)16(19)6-2)18-15-8-11(3)7-14(15)10-17(18)20/h6,12-15,17-20H,3,5,7-10H2,1-2,4H3/t12?,13?,14-,15+,17+,18+/m0/s1. The molecule has 0 aromatic heterocycles. The first kappa shape index (κ1) is 15.6. The average Bonchev–Trinajstić information content (AvgIpc) is 2.89. The molecule has 2 N–H and O–H groups in total. The fourth-order valence-corrected chi connectivity index (χ4v) is 4.69. The van der Waals surface area contributed by atoms with Gasteiger partial charge in [0.2, 0.25) is 0 Å². The summed E-state index contributed by atoms with van der Waals surface area (Å²) in [6.45, 7) is 10.3. The third kappa shape index (κ3) is 2.95. The van der Waals surface area contributed by atoms with Crippen LogP contribution in [0.4, 0.5) is 0 Å². The highest BCUT2D eigenvalue weighted by molar-refractivity contribution is 5.12. The Labute approximate surface area is 123 Å². The highest BCUT2D eigenvalue weighted by Gasteiger charge is 2.48. The summed E-state index contributed by atoms with van der Waals surface area (Å²) >= 11 is 0. The van der Waals surface area contributed by atoms with Crippen LogP contribution in [0.25, 0.3) is 0 Å². The van der Waals surface area contributed by atoms with Gasteiger partial charge in [0, 0.05) is 5.92 Å². The second kappa shape index (κ2) is 6.34. The van der Waals surface area contributed by atoms with Crippen LogP contribution in [0.1, 0.15) is 52.9 Å². The van der Waals surface area contributed by atoms with E-state index in [0.29, 0.717) is 29.4 Å². The zero-order valence-electron chi connectivity index (χ0n) is 13.2. The molecular weight excluding hydrogens is 248 g/mol. The van der Waals surface area contributed by atoms with E-state index in [1.807, 2.05) is 6.92 Å².